The van der Waals surface area contributed by atoms with E-state index in [0.717, 1.165) is 6.42 Å². The van der Waals surface area contributed by atoms with Crippen molar-refractivity contribution in [1.82, 2.24) is 0 Å². The molecule has 0 bridgehead atoms. The largest absolute Gasteiger partial charge is 0.506 e. The zero-order valence-electron chi connectivity index (χ0n) is 8.12. The Hall–Kier alpha value is -1.13. The van der Waals surface area contributed by atoms with Crippen molar-refractivity contribution >= 4 is 11.6 Å². The van der Waals surface area contributed by atoms with E-state index >= 15 is 0 Å². The predicted octanol–water partition coefficient (Wildman–Crippen LogP) is 1.67. The van der Waals surface area contributed by atoms with Crippen LogP contribution in [0.25, 0.3) is 0 Å². The van der Waals surface area contributed by atoms with E-state index in [0.29, 0.717) is 30.0 Å². The van der Waals surface area contributed by atoms with E-state index in [1.807, 2.05) is 0 Å². The van der Waals surface area contributed by atoms with E-state index < -0.39 is 0 Å². The first-order valence-electron chi connectivity index (χ1n) is 4.74. The molecule has 0 saturated heterocycles. The highest BCUT2D eigenvalue weighted by atomic mass is 35.5. The minimum atomic E-state index is 0.0642. The van der Waals surface area contributed by atoms with Gasteiger partial charge in [0.15, 0.2) is 11.5 Å². The number of halogens is 1. The van der Waals surface area contributed by atoms with Crippen LogP contribution in [0.15, 0.2) is 6.07 Å². The average Bonchev–Trinajstić information content (AvgIpc) is 2.66. The van der Waals surface area contributed by atoms with Crippen molar-refractivity contribution in [3.63, 3.8) is 0 Å². The Balaban J connectivity index is 2.41. The second-order valence-electron chi connectivity index (χ2n) is 3.31. The smallest absolute Gasteiger partial charge is 0.231 e. The highest BCUT2D eigenvalue weighted by Crippen LogP contribution is 2.45. The van der Waals surface area contributed by atoms with Gasteiger partial charge in [-0.1, -0.05) is 11.6 Å². The van der Waals surface area contributed by atoms with Crippen molar-refractivity contribution in [2.75, 3.05) is 13.3 Å². The molecule has 0 spiro atoms. The summed E-state index contributed by atoms with van der Waals surface area (Å²) in [5.74, 6) is 1.24. The molecule has 0 aliphatic carbocycles. The standard InChI is InChI=1S/C10H12ClNO3/c11-7-4-8-10(15-5-14-8)6(9(7)13)2-1-3-12/h4,13H,1-3,5,12H2. The molecule has 0 amide bonds. The van der Waals surface area contributed by atoms with Gasteiger partial charge in [-0.05, 0) is 19.4 Å². The van der Waals surface area contributed by atoms with Gasteiger partial charge in [-0.3, -0.25) is 0 Å². The Morgan fingerprint density at radius 2 is 2.27 bits per heavy atom. The SMILES string of the molecule is NCCCc1c(O)c(Cl)cc2c1OCO2. The number of ether oxygens (including phenoxy) is 2. The second kappa shape index (κ2) is 4.16. The van der Waals surface area contributed by atoms with E-state index in [1.165, 1.54) is 0 Å². The second-order valence-corrected chi connectivity index (χ2v) is 3.72. The van der Waals surface area contributed by atoms with Crippen molar-refractivity contribution in [2.45, 2.75) is 12.8 Å². The van der Waals surface area contributed by atoms with Crippen LogP contribution in [0.2, 0.25) is 5.02 Å². The zero-order valence-corrected chi connectivity index (χ0v) is 8.88. The normalized spacial score (nSPS) is 13.2. The lowest BCUT2D eigenvalue weighted by atomic mass is 10.1. The van der Waals surface area contributed by atoms with E-state index in [2.05, 4.69) is 0 Å². The first kappa shape index (κ1) is 10.4. The van der Waals surface area contributed by atoms with Gasteiger partial charge in [0.1, 0.15) is 5.75 Å². The molecule has 0 radical (unpaired) electrons. The lowest BCUT2D eigenvalue weighted by Gasteiger charge is -2.09. The third kappa shape index (κ3) is 1.82. The van der Waals surface area contributed by atoms with E-state index in [-0.39, 0.29) is 17.6 Å². The molecule has 0 aromatic heterocycles. The molecular formula is C10H12ClNO3. The highest BCUT2D eigenvalue weighted by molar-refractivity contribution is 6.32. The Morgan fingerprint density at radius 3 is 3.00 bits per heavy atom. The van der Waals surface area contributed by atoms with Gasteiger partial charge >= 0.3 is 0 Å². The Kier molecular flexibility index (Phi) is 2.88. The van der Waals surface area contributed by atoms with E-state index in [4.69, 9.17) is 26.8 Å². The Bertz CT molecular complexity index is 381. The molecular weight excluding hydrogens is 218 g/mol. The lowest BCUT2D eigenvalue weighted by molar-refractivity contribution is 0.173. The first-order chi connectivity index (χ1) is 7.24. The summed E-state index contributed by atoms with van der Waals surface area (Å²) in [6, 6.07) is 1.56. The maximum atomic E-state index is 9.78. The number of phenolic OH excluding ortho intramolecular Hbond substituents is 1. The maximum Gasteiger partial charge on any atom is 0.231 e. The van der Waals surface area contributed by atoms with Crippen LogP contribution in [-0.4, -0.2) is 18.4 Å². The fourth-order valence-electron chi connectivity index (χ4n) is 1.58. The molecule has 1 heterocycles. The number of nitrogens with two attached hydrogens (primary N) is 1. The molecule has 3 N–H and O–H groups in total. The minimum Gasteiger partial charge on any atom is -0.506 e. The number of aromatic hydroxyl groups is 1. The maximum absolute atomic E-state index is 9.78. The topological polar surface area (TPSA) is 64.7 Å². The Labute approximate surface area is 92.5 Å². The molecule has 0 unspecified atom stereocenters. The van der Waals surface area contributed by atoms with Gasteiger partial charge in [-0.2, -0.15) is 0 Å². The molecule has 1 aromatic carbocycles. The van der Waals surface area contributed by atoms with Crippen LogP contribution in [0.1, 0.15) is 12.0 Å². The number of rotatable bonds is 3. The molecule has 82 valence electrons. The van der Waals surface area contributed by atoms with Crippen LogP contribution < -0.4 is 15.2 Å². The summed E-state index contributed by atoms with van der Waals surface area (Å²) in [7, 11) is 0. The Morgan fingerprint density at radius 1 is 1.47 bits per heavy atom. The van der Waals surface area contributed by atoms with Crippen LogP contribution in [-0.2, 0) is 6.42 Å². The molecule has 0 fully saturated rings. The van der Waals surface area contributed by atoms with Gasteiger partial charge in [-0.15, -0.1) is 0 Å². The molecule has 1 aliphatic rings. The van der Waals surface area contributed by atoms with Crippen LogP contribution in [0.4, 0.5) is 0 Å². The van der Waals surface area contributed by atoms with Gasteiger partial charge in [0.2, 0.25) is 6.79 Å². The summed E-state index contributed by atoms with van der Waals surface area (Å²) < 4.78 is 10.5. The van der Waals surface area contributed by atoms with Gasteiger partial charge in [-0.25, -0.2) is 0 Å². The molecule has 1 aliphatic heterocycles. The van der Waals surface area contributed by atoms with Crippen molar-refractivity contribution in [2.24, 2.45) is 5.73 Å². The number of hydrogen-bond donors (Lipinski definition) is 2. The molecule has 1 aromatic rings. The molecule has 4 nitrogen and oxygen atoms in total. The van der Waals surface area contributed by atoms with Crippen LogP contribution in [0.3, 0.4) is 0 Å². The van der Waals surface area contributed by atoms with Crippen molar-refractivity contribution in [3.8, 4) is 17.2 Å². The summed E-state index contributed by atoms with van der Waals surface area (Å²) >= 11 is 5.86. The third-order valence-electron chi connectivity index (χ3n) is 2.32. The fourth-order valence-corrected chi connectivity index (χ4v) is 1.79. The van der Waals surface area contributed by atoms with Crippen molar-refractivity contribution < 1.29 is 14.6 Å². The summed E-state index contributed by atoms with van der Waals surface area (Å²) in [6.45, 7) is 0.728. The lowest BCUT2D eigenvalue weighted by Crippen LogP contribution is -2.01. The van der Waals surface area contributed by atoms with Gasteiger partial charge in [0.05, 0.1) is 5.02 Å². The summed E-state index contributed by atoms with van der Waals surface area (Å²) in [5.41, 5.74) is 6.10. The van der Waals surface area contributed by atoms with Crippen molar-refractivity contribution in [1.29, 1.82) is 0 Å². The minimum absolute atomic E-state index is 0.0642. The highest BCUT2D eigenvalue weighted by Gasteiger charge is 2.23. The molecule has 15 heavy (non-hydrogen) atoms. The summed E-state index contributed by atoms with van der Waals surface area (Å²) in [5, 5.41) is 10.1. The number of benzene rings is 1. The quantitative estimate of drug-likeness (QED) is 0.828. The van der Waals surface area contributed by atoms with Crippen LogP contribution >= 0.6 is 11.6 Å². The average molecular weight is 230 g/mol. The molecule has 0 atom stereocenters. The van der Waals surface area contributed by atoms with E-state index in [9.17, 15) is 5.11 Å². The monoisotopic (exact) mass is 229 g/mol. The van der Waals surface area contributed by atoms with E-state index in [1.54, 1.807) is 6.07 Å². The predicted molar refractivity (Wildman–Crippen MR) is 56.6 cm³/mol. The fraction of sp³-hybridized carbons (Fsp3) is 0.400. The van der Waals surface area contributed by atoms with Crippen molar-refractivity contribution in [3.05, 3.63) is 16.7 Å². The molecule has 2 rings (SSSR count). The molecule has 0 saturated carbocycles. The summed E-state index contributed by atoms with van der Waals surface area (Å²) in [4.78, 5) is 0. The number of fused-ring (bicyclic) bond motifs is 1. The van der Waals surface area contributed by atoms with Crippen LogP contribution in [0.5, 0.6) is 17.2 Å². The van der Waals surface area contributed by atoms with Crippen LogP contribution in [0, 0.1) is 0 Å². The first-order valence-corrected chi connectivity index (χ1v) is 5.12. The van der Waals surface area contributed by atoms with Gasteiger partial charge < -0.3 is 20.3 Å². The zero-order chi connectivity index (χ0) is 10.8. The van der Waals surface area contributed by atoms with Gasteiger partial charge in [0.25, 0.3) is 0 Å². The third-order valence-corrected chi connectivity index (χ3v) is 2.60. The molecule has 5 heteroatoms. The number of phenols is 1. The number of hydrogen-bond acceptors (Lipinski definition) is 4. The summed E-state index contributed by atoms with van der Waals surface area (Å²) in [6.07, 6.45) is 1.40. The van der Waals surface area contributed by atoms with Gasteiger partial charge in [0, 0.05) is 11.6 Å².